The summed E-state index contributed by atoms with van der Waals surface area (Å²) in [5, 5.41) is 8.08. The highest BCUT2D eigenvalue weighted by Gasteiger charge is 2.28. The zero-order valence-corrected chi connectivity index (χ0v) is 14.9. The van der Waals surface area contributed by atoms with Gasteiger partial charge in [-0.2, -0.15) is 0 Å². The molecule has 1 aliphatic carbocycles. The lowest BCUT2D eigenvalue weighted by molar-refractivity contribution is 0.184. The van der Waals surface area contributed by atoms with Gasteiger partial charge in [-0.15, -0.1) is 0 Å². The van der Waals surface area contributed by atoms with Crippen LogP contribution in [0.15, 0.2) is 28.8 Å². The predicted octanol–water partition coefficient (Wildman–Crippen LogP) is 4.40. The number of carbonyl (C=O) groups excluding carboxylic acids is 1. The summed E-state index contributed by atoms with van der Waals surface area (Å²) in [6.07, 6.45) is 6.61. The first-order valence-electron chi connectivity index (χ1n) is 8.99. The van der Waals surface area contributed by atoms with Crippen LogP contribution >= 0.6 is 11.6 Å². The van der Waals surface area contributed by atoms with Crippen molar-refractivity contribution >= 4 is 17.6 Å². The van der Waals surface area contributed by atoms with E-state index in [1.807, 2.05) is 29.2 Å². The fourth-order valence-corrected chi connectivity index (χ4v) is 3.85. The van der Waals surface area contributed by atoms with E-state index in [4.69, 9.17) is 16.1 Å². The van der Waals surface area contributed by atoms with Crippen LogP contribution in [-0.4, -0.2) is 28.7 Å². The standard InChI is InChI=1S/C19H22ClN3O2/c20-14-8-6-13(7-9-14)18-16-12-23(11-10-17(16)22-25-18)19(24)21-15-4-2-1-3-5-15/h6-9,15H,1-5,10-12H2,(H,21,24). The molecule has 1 aromatic carbocycles. The maximum atomic E-state index is 12.6. The number of amides is 2. The predicted molar refractivity (Wildman–Crippen MR) is 96.5 cm³/mol. The Balaban J connectivity index is 1.49. The maximum Gasteiger partial charge on any atom is 0.317 e. The van der Waals surface area contributed by atoms with Gasteiger partial charge in [-0.3, -0.25) is 0 Å². The van der Waals surface area contributed by atoms with Gasteiger partial charge >= 0.3 is 6.03 Å². The number of nitrogens with zero attached hydrogens (tertiary/aromatic N) is 2. The molecule has 1 N–H and O–H groups in total. The molecular weight excluding hydrogens is 338 g/mol. The van der Waals surface area contributed by atoms with Gasteiger partial charge < -0.3 is 14.7 Å². The molecule has 0 bridgehead atoms. The molecular formula is C19H22ClN3O2. The van der Waals surface area contributed by atoms with Crippen LogP contribution in [-0.2, 0) is 13.0 Å². The van der Waals surface area contributed by atoms with Crippen molar-refractivity contribution in [2.24, 2.45) is 0 Å². The third-order valence-corrected chi connectivity index (χ3v) is 5.42. The zero-order chi connectivity index (χ0) is 17.2. The van der Waals surface area contributed by atoms with E-state index in [1.54, 1.807) is 0 Å². The van der Waals surface area contributed by atoms with Gasteiger partial charge in [-0.05, 0) is 37.1 Å². The average Bonchev–Trinajstić information content (AvgIpc) is 3.06. The third-order valence-electron chi connectivity index (χ3n) is 5.16. The fraction of sp³-hybridized carbons (Fsp3) is 0.474. The minimum atomic E-state index is 0.0285. The number of nitrogens with one attached hydrogen (secondary N) is 1. The largest absolute Gasteiger partial charge is 0.356 e. The molecule has 4 rings (SSSR count). The van der Waals surface area contributed by atoms with E-state index >= 15 is 0 Å². The Hall–Kier alpha value is -2.01. The number of rotatable bonds is 2. The van der Waals surface area contributed by atoms with Gasteiger partial charge in [0.2, 0.25) is 0 Å². The summed E-state index contributed by atoms with van der Waals surface area (Å²) in [5.41, 5.74) is 2.90. The molecule has 132 valence electrons. The first-order valence-corrected chi connectivity index (χ1v) is 9.37. The molecule has 0 atom stereocenters. The number of aromatic nitrogens is 1. The van der Waals surface area contributed by atoms with Crippen LogP contribution in [0.4, 0.5) is 4.79 Å². The summed E-state index contributed by atoms with van der Waals surface area (Å²) in [6, 6.07) is 7.86. The van der Waals surface area contributed by atoms with E-state index in [1.165, 1.54) is 19.3 Å². The molecule has 2 aromatic rings. The lowest BCUT2D eigenvalue weighted by Gasteiger charge is -2.30. The second-order valence-electron chi connectivity index (χ2n) is 6.90. The quantitative estimate of drug-likeness (QED) is 0.864. The van der Waals surface area contributed by atoms with Crippen molar-refractivity contribution < 1.29 is 9.32 Å². The number of halogens is 1. The molecule has 25 heavy (non-hydrogen) atoms. The number of carbonyl (C=O) groups is 1. The number of hydrogen-bond donors (Lipinski definition) is 1. The van der Waals surface area contributed by atoms with Gasteiger partial charge in [-0.25, -0.2) is 4.79 Å². The highest BCUT2D eigenvalue weighted by molar-refractivity contribution is 6.30. The van der Waals surface area contributed by atoms with E-state index in [0.717, 1.165) is 41.8 Å². The second kappa shape index (κ2) is 7.08. The van der Waals surface area contributed by atoms with Gasteiger partial charge in [0.1, 0.15) is 0 Å². The summed E-state index contributed by atoms with van der Waals surface area (Å²) in [6.45, 7) is 1.22. The Morgan fingerprint density at radius 1 is 1.20 bits per heavy atom. The number of benzene rings is 1. The van der Waals surface area contributed by atoms with E-state index in [0.29, 0.717) is 24.2 Å². The van der Waals surface area contributed by atoms with Crippen molar-refractivity contribution in [1.29, 1.82) is 0 Å². The van der Waals surface area contributed by atoms with Crippen molar-refractivity contribution in [3.8, 4) is 11.3 Å². The van der Waals surface area contributed by atoms with Crippen LogP contribution in [0.2, 0.25) is 5.02 Å². The molecule has 0 saturated heterocycles. The lowest BCUT2D eigenvalue weighted by Crippen LogP contribution is -2.47. The SMILES string of the molecule is O=C(NC1CCCCC1)N1CCc2noc(-c3ccc(Cl)cc3)c2C1. The molecule has 0 radical (unpaired) electrons. The lowest BCUT2D eigenvalue weighted by atomic mass is 9.95. The molecule has 6 heteroatoms. The molecule has 0 spiro atoms. The van der Waals surface area contributed by atoms with Gasteiger partial charge in [0.25, 0.3) is 0 Å². The minimum Gasteiger partial charge on any atom is -0.356 e. The minimum absolute atomic E-state index is 0.0285. The number of hydrogen-bond acceptors (Lipinski definition) is 3. The van der Waals surface area contributed by atoms with Gasteiger partial charge in [-0.1, -0.05) is 36.0 Å². The van der Waals surface area contributed by atoms with Gasteiger partial charge in [0.15, 0.2) is 5.76 Å². The molecule has 2 heterocycles. The average molecular weight is 360 g/mol. The molecule has 1 saturated carbocycles. The summed E-state index contributed by atoms with van der Waals surface area (Å²) >= 11 is 5.97. The third kappa shape index (κ3) is 3.52. The number of fused-ring (bicyclic) bond motifs is 1. The molecule has 1 fully saturated rings. The van der Waals surface area contributed by atoms with E-state index in [-0.39, 0.29) is 6.03 Å². The van der Waals surface area contributed by atoms with Crippen molar-refractivity contribution in [3.63, 3.8) is 0 Å². The van der Waals surface area contributed by atoms with Crippen molar-refractivity contribution in [1.82, 2.24) is 15.4 Å². The molecule has 5 nitrogen and oxygen atoms in total. The number of urea groups is 1. The van der Waals surface area contributed by atoms with Crippen LogP contribution in [0.1, 0.15) is 43.4 Å². The summed E-state index contributed by atoms with van der Waals surface area (Å²) in [5.74, 6) is 0.738. The molecule has 2 amide bonds. The smallest absolute Gasteiger partial charge is 0.317 e. The van der Waals surface area contributed by atoms with Crippen LogP contribution in [0, 0.1) is 0 Å². The highest BCUT2D eigenvalue weighted by atomic mass is 35.5. The van der Waals surface area contributed by atoms with E-state index in [2.05, 4.69) is 10.5 Å². The molecule has 1 aromatic heterocycles. The Labute approximate surface area is 152 Å². The summed E-state index contributed by atoms with van der Waals surface area (Å²) in [4.78, 5) is 14.5. The van der Waals surface area contributed by atoms with Crippen LogP contribution < -0.4 is 5.32 Å². The normalized spacial score (nSPS) is 18.0. The Kier molecular flexibility index (Phi) is 4.66. The Bertz CT molecular complexity index is 751. The van der Waals surface area contributed by atoms with Crippen LogP contribution in [0.25, 0.3) is 11.3 Å². The van der Waals surface area contributed by atoms with Crippen LogP contribution in [0.3, 0.4) is 0 Å². The molecule has 2 aliphatic rings. The molecule has 1 aliphatic heterocycles. The first-order chi connectivity index (χ1) is 12.2. The molecule has 0 unspecified atom stereocenters. The fourth-order valence-electron chi connectivity index (χ4n) is 3.73. The van der Waals surface area contributed by atoms with Gasteiger partial charge in [0, 0.05) is 35.2 Å². The van der Waals surface area contributed by atoms with Gasteiger partial charge in [0.05, 0.1) is 12.2 Å². The zero-order valence-electron chi connectivity index (χ0n) is 14.1. The summed E-state index contributed by atoms with van der Waals surface area (Å²) in [7, 11) is 0. The highest BCUT2D eigenvalue weighted by Crippen LogP contribution is 2.31. The second-order valence-corrected chi connectivity index (χ2v) is 7.34. The van der Waals surface area contributed by atoms with Crippen molar-refractivity contribution in [2.45, 2.75) is 51.1 Å². The maximum absolute atomic E-state index is 12.6. The summed E-state index contributed by atoms with van der Waals surface area (Å²) < 4.78 is 5.57. The van der Waals surface area contributed by atoms with Crippen molar-refractivity contribution in [3.05, 3.63) is 40.5 Å². The first kappa shape index (κ1) is 16.5. The van der Waals surface area contributed by atoms with Crippen molar-refractivity contribution in [2.75, 3.05) is 6.54 Å². The Morgan fingerprint density at radius 2 is 1.96 bits per heavy atom. The van der Waals surface area contributed by atoms with Crippen LogP contribution in [0.5, 0.6) is 0 Å². The van der Waals surface area contributed by atoms with E-state index < -0.39 is 0 Å². The van der Waals surface area contributed by atoms with E-state index in [9.17, 15) is 4.79 Å². The topological polar surface area (TPSA) is 58.4 Å². The Morgan fingerprint density at radius 3 is 2.72 bits per heavy atom. The monoisotopic (exact) mass is 359 g/mol.